The molecule has 1 fully saturated rings. The molecule has 3 atom stereocenters. The first-order valence-electron chi connectivity index (χ1n) is 8.84. The third-order valence-electron chi connectivity index (χ3n) is 5.02. The van der Waals surface area contributed by atoms with E-state index < -0.39 is 0 Å². The van der Waals surface area contributed by atoms with Gasteiger partial charge in [0.25, 0.3) is 0 Å². The summed E-state index contributed by atoms with van der Waals surface area (Å²) < 4.78 is 10.7. The molecule has 0 spiro atoms. The number of carbonyl (C=O) groups is 1. The topological polar surface area (TPSA) is 54.0 Å². The van der Waals surface area contributed by atoms with Crippen molar-refractivity contribution < 1.29 is 14.3 Å². The van der Waals surface area contributed by atoms with Gasteiger partial charge in [0.15, 0.2) is 0 Å². The molecule has 6 heteroatoms. The van der Waals surface area contributed by atoms with Gasteiger partial charge in [-0.05, 0) is 46.0 Å². The minimum absolute atomic E-state index is 0.0359. The lowest BCUT2D eigenvalue weighted by molar-refractivity contribution is -0.128. The van der Waals surface area contributed by atoms with Crippen molar-refractivity contribution in [3.05, 3.63) is 23.8 Å². The Balaban J connectivity index is 2.07. The first-order chi connectivity index (χ1) is 11.9. The molecular formula is C19H31N3O3. The summed E-state index contributed by atoms with van der Waals surface area (Å²) in [5, 5.41) is 3.12. The minimum Gasteiger partial charge on any atom is -0.497 e. The van der Waals surface area contributed by atoms with Gasteiger partial charge in [0, 0.05) is 31.2 Å². The molecule has 1 saturated heterocycles. The first-order valence-corrected chi connectivity index (χ1v) is 8.84. The fourth-order valence-corrected chi connectivity index (χ4v) is 3.47. The molecular weight excluding hydrogens is 318 g/mol. The molecule has 1 amide bonds. The molecule has 0 saturated carbocycles. The van der Waals surface area contributed by atoms with Crippen LogP contribution in [0.15, 0.2) is 18.2 Å². The molecule has 1 aliphatic rings. The monoisotopic (exact) mass is 349 g/mol. The van der Waals surface area contributed by atoms with Crippen molar-refractivity contribution in [3.8, 4) is 11.5 Å². The van der Waals surface area contributed by atoms with Gasteiger partial charge in [-0.2, -0.15) is 0 Å². The maximum atomic E-state index is 12.8. The summed E-state index contributed by atoms with van der Waals surface area (Å²) in [4.78, 5) is 17.3. The van der Waals surface area contributed by atoms with Crippen LogP contribution in [0.3, 0.4) is 0 Å². The van der Waals surface area contributed by atoms with Crippen molar-refractivity contribution in [1.82, 2.24) is 15.1 Å². The van der Waals surface area contributed by atoms with Crippen LogP contribution in [0.5, 0.6) is 11.5 Å². The van der Waals surface area contributed by atoms with Gasteiger partial charge in [0.05, 0.1) is 26.3 Å². The fraction of sp³-hybridized carbons (Fsp3) is 0.632. The molecule has 0 bridgehead atoms. The second-order valence-electron chi connectivity index (χ2n) is 6.86. The van der Waals surface area contributed by atoms with E-state index in [2.05, 4.69) is 29.1 Å². The summed E-state index contributed by atoms with van der Waals surface area (Å²) >= 11 is 0. The highest BCUT2D eigenvalue weighted by molar-refractivity contribution is 5.82. The number of likely N-dealkylation sites (N-methyl/N-ethyl adjacent to an activating group) is 1. The van der Waals surface area contributed by atoms with Crippen molar-refractivity contribution in [1.29, 1.82) is 0 Å². The highest BCUT2D eigenvalue weighted by Crippen LogP contribution is 2.29. The summed E-state index contributed by atoms with van der Waals surface area (Å²) in [6.45, 7) is 9.00. The molecule has 0 aromatic heterocycles. The quantitative estimate of drug-likeness (QED) is 0.850. The Kier molecular flexibility index (Phi) is 6.67. The zero-order chi connectivity index (χ0) is 18.6. The van der Waals surface area contributed by atoms with Gasteiger partial charge in [-0.1, -0.05) is 0 Å². The van der Waals surface area contributed by atoms with E-state index in [0.29, 0.717) is 6.04 Å². The molecule has 1 aliphatic heterocycles. The van der Waals surface area contributed by atoms with Gasteiger partial charge in [0.1, 0.15) is 11.5 Å². The molecule has 1 aromatic carbocycles. The summed E-state index contributed by atoms with van der Waals surface area (Å²) in [5.74, 6) is 1.53. The molecule has 2 rings (SSSR count). The van der Waals surface area contributed by atoms with E-state index in [9.17, 15) is 4.79 Å². The second-order valence-corrected chi connectivity index (χ2v) is 6.86. The molecule has 0 unspecified atom stereocenters. The number of piperazine rings is 1. The van der Waals surface area contributed by atoms with Crippen molar-refractivity contribution in [2.24, 2.45) is 0 Å². The van der Waals surface area contributed by atoms with E-state index in [1.165, 1.54) is 0 Å². The lowest BCUT2D eigenvalue weighted by Gasteiger charge is -2.41. The Hall–Kier alpha value is -1.79. The van der Waals surface area contributed by atoms with Crippen LogP contribution in [-0.4, -0.2) is 68.7 Å². The largest absolute Gasteiger partial charge is 0.497 e. The van der Waals surface area contributed by atoms with Crippen molar-refractivity contribution >= 4 is 5.91 Å². The lowest BCUT2D eigenvalue weighted by Crippen LogP contribution is -2.57. The van der Waals surface area contributed by atoms with Crippen LogP contribution in [0.2, 0.25) is 0 Å². The average Bonchev–Trinajstić information content (AvgIpc) is 2.60. The van der Waals surface area contributed by atoms with Crippen molar-refractivity contribution in [3.63, 3.8) is 0 Å². The van der Waals surface area contributed by atoms with Crippen molar-refractivity contribution in [2.75, 3.05) is 40.9 Å². The maximum Gasteiger partial charge on any atom is 0.237 e. The van der Waals surface area contributed by atoms with Crippen LogP contribution in [0.25, 0.3) is 0 Å². The van der Waals surface area contributed by atoms with Gasteiger partial charge in [-0.3, -0.25) is 9.69 Å². The maximum absolute atomic E-state index is 12.8. The van der Waals surface area contributed by atoms with E-state index in [1.807, 2.05) is 32.0 Å². The van der Waals surface area contributed by atoms with Gasteiger partial charge < -0.3 is 19.7 Å². The van der Waals surface area contributed by atoms with Crippen LogP contribution in [-0.2, 0) is 4.79 Å². The number of hydrogen-bond donors (Lipinski definition) is 1. The molecule has 1 aromatic rings. The Labute approximate surface area is 151 Å². The number of nitrogens with zero attached hydrogens (tertiary/aromatic N) is 2. The van der Waals surface area contributed by atoms with E-state index >= 15 is 0 Å². The standard InChI is InChI=1S/C19H31N3O3/c1-13-12-21(4)9-10-22(13)15(3)19(23)20-14(2)17-11-16(24-5)7-8-18(17)25-6/h7-8,11,13-15H,9-10,12H2,1-6H3,(H,20,23)/t13-,14-,15+/m0/s1. The first kappa shape index (κ1) is 19.5. The average molecular weight is 349 g/mol. The predicted molar refractivity (Wildman–Crippen MR) is 99.2 cm³/mol. The van der Waals surface area contributed by atoms with E-state index in [0.717, 1.165) is 36.7 Å². The van der Waals surface area contributed by atoms with Crippen LogP contribution >= 0.6 is 0 Å². The van der Waals surface area contributed by atoms with E-state index in [4.69, 9.17) is 9.47 Å². The van der Waals surface area contributed by atoms with E-state index in [1.54, 1.807) is 14.2 Å². The number of hydrogen-bond acceptors (Lipinski definition) is 5. The minimum atomic E-state index is -0.164. The Morgan fingerprint density at radius 2 is 1.96 bits per heavy atom. The lowest BCUT2D eigenvalue weighted by atomic mass is 10.1. The van der Waals surface area contributed by atoms with Crippen LogP contribution in [0, 0.1) is 0 Å². The molecule has 6 nitrogen and oxygen atoms in total. The number of carbonyl (C=O) groups excluding carboxylic acids is 1. The Morgan fingerprint density at radius 3 is 2.56 bits per heavy atom. The van der Waals surface area contributed by atoms with Gasteiger partial charge in [-0.25, -0.2) is 0 Å². The Bertz CT molecular complexity index is 593. The number of rotatable bonds is 6. The molecule has 25 heavy (non-hydrogen) atoms. The summed E-state index contributed by atoms with van der Waals surface area (Å²) in [6, 6.07) is 5.66. The van der Waals surface area contributed by atoms with Crippen molar-refractivity contribution in [2.45, 2.75) is 38.9 Å². The zero-order valence-electron chi connectivity index (χ0n) is 16.2. The summed E-state index contributed by atoms with van der Waals surface area (Å²) in [6.07, 6.45) is 0. The van der Waals surface area contributed by atoms with Gasteiger partial charge in [0.2, 0.25) is 5.91 Å². The fourth-order valence-electron chi connectivity index (χ4n) is 3.47. The third-order valence-corrected chi connectivity index (χ3v) is 5.02. The highest BCUT2D eigenvalue weighted by atomic mass is 16.5. The summed E-state index contributed by atoms with van der Waals surface area (Å²) in [7, 11) is 5.38. The van der Waals surface area contributed by atoms with Crippen LogP contribution in [0.1, 0.15) is 32.4 Å². The zero-order valence-corrected chi connectivity index (χ0v) is 16.2. The number of ether oxygens (including phenoxy) is 2. The van der Waals surface area contributed by atoms with Gasteiger partial charge in [-0.15, -0.1) is 0 Å². The molecule has 1 heterocycles. The third kappa shape index (κ3) is 4.64. The number of methoxy groups -OCH3 is 2. The SMILES string of the molecule is COc1ccc(OC)c([C@H](C)NC(=O)[C@@H](C)N2CCN(C)C[C@@H]2C)c1. The normalized spacial score (nSPS) is 21.4. The molecule has 0 radical (unpaired) electrons. The number of amides is 1. The molecule has 140 valence electrons. The van der Waals surface area contributed by atoms with Crippen LogP contribution < -0.4 is 14.8 Å². The van der Waals surface area contributed by atoms with E-state index in [-0.39, 0.29) is 18.0 Å². The molecule has 0 aliphatic carbocycles. The smallest absolute Gasteiger partial charge is 0.237 e. The number of nitrogens with one attached hydrogen (secondary N) is 1. The second kappa shape index (κ2) is 8.54. The van der Waals surface area contributed by atoms with Crippen LogP contribution in [0.4, 0.5) is 0 Å². The summed E-state index contributed by atoms with van der Waals surface area (Å²) in [5.41, 5.74) is 0.911. The highest BCUT2D eigenvalue weighted by Gasteiger charge is 2.30. The predicted octanol–water partition coefficient (Wildman–Crippen LogP) is 1.91. The molecule has 1 N–H and O–H groups in total. The Morgan fingerprint density at radius 1 is 1.24 bits per heavy atom. The van der Waals surface area contributed by atoms with Gasteiger partial charge >= 0.3 is 0 Å². The number of benzene rings is 1.